The number of hydrogen-bond donors (Lipinski definition) is 2. The van der Waals surface area contributed by atoms with Crippen LogP contribution in [0.25, 0.3) is 6.08 Å². The van der Waals surface area contributed by atoms with E-state index in [1.54, 1.807) is 35.2 Å². The maximum atomic E-state index is 12.1. The van der Waals surface area contributed by atoms with E-state index in [1.165, 1.54) is 6.08 Å². The molecule has 1 aromatic carbocycles. The smallest absolute Gasteiger partial charge is 0.255 e. The second kappa shape index (κ2) is 8.14. The summed E-state index contributed by atoms with van der Waals surface area (Å²) in [5, 5.41) is 0. The highest BCUT2D eigenvalue weighted by Crippen LogP contribution is 2.17. The minimum atomic E-state index is -0.537. The lowest BCUT2D eigenvalue weighted by atomic mass is 9.96. The molecule has 0 saturated carbocycles. The molecule has 1 fully saturated rings. The zero-order chi connectivity index (χ0) is 17.5. The molecule has 1 aliphatic rings. The quantitative estimate of drug-likeness (QED) is 0.729. The number of carbonyl (C=O) groups excluding carboxylic acids is 3. The van der Waals surface area contributed by atoms with E-state index in [4.69, 9.17) is 16.2 Å². The maximum absolute atomic E-state index is 12.1. The first-order valence-corrected chi connectivity index (χ1v) is 7.73. The van der Waals surface area contributed by atoms with Crippen LogP contribution in [0.1, 0.15) is 18.4 Å². The lowest BCUT2D eigenvalue weighted by Gasteiger charge is -2.29. The molecule has 1 saturated heterocycles. The summed E-state index contributed by atoms with van der Waals surface area (Å²) < 4.78 is 5.16. The van der Waals surface area contributed by atoms with Crippen LogP contribution in [-0.2, 0) is 14.4 Å². The molecule has 24 heavy (non-hydrogen) atoms. The Labute approximate surface area is 140 Å². The maximum Gasteiger partial charge on any atom is 0.255 e. The number of benzene rings is 1. The number of likely N-dealkylation sites (tertiary alicyclic amines) is 1. The van der Waals surface area contributed by atoms with E-state index in [0.717, 1.165) is 5.56 Å². The average molecular weight is 331 g/mol. The zero-order valence-electron chi connectivity index (χ0n) is 13.3. The second-order valence-electron chi connectivity index (χ2n) is 5.66. The summed E-state index contributed by atoms with van der Waals surface area (Å²) in [6, 6.07) is 6.95. The van der Waals surface area contributed by atoms with Crippen molar-refractivity contribution < 1.29 is 19.1 Å². The molecule has 4 N–H and O–H groups in total. The van der Waals surface area contributed by atoms with Gasteiger partial charge in [-0.15, -0.1) is 0 Å². The van der Waals surface area contributed by atoms with Crippen LogP contribution in [0.15, 0.2) is 30.3 Å². The fourth-order valence-corrected chi connectivity index (χ4v) is 2.49. The van der Waals surface area contributed by atoms with Gasteiger partial charge in [-0.1, -0.05) is 12.1 Å². The third-order valence-corrected chi connectivity index (χ3v) is 3.89. The normalized spacial score (nSPS) is 15.4. The first-order valence-electron chi connectivity index (χ1n) is 7.73. The van der Waals surface area contributed by atoms with Crippen LogP contribution in [0.4, 0.5) is 0 Å². The van der Waals surface area contributed by atoms with Crippen LogP contribution in [0.3, 0.4) is 0 Å². The van der Waals surface area contributed by atoms with E-state index >= 15 is 0 Å². The summed E-state index contributed by atoms with van der Waals surface area (Å²) in [6.07, 6.45) is 4.44. The van der Waals surface area contributed by atoms with E-state index in [-0.39, 0.29) is 24.3 Å². The Morgan fingerprint density at radius 3 is 2.29 bits per heavy atom. The molecule has 7 heteroatoms. The van der Waals surface area contributed by atoms with Crippen molar-refractivity contribution >= 4 is 23.8 Å². The minimum Gasteiger partial charge on any atom is -0.484 e. The van der Waals surface area contributed by atoms with Crippen molar-refractivity contribution in [3.05, 3.63) is 35.9 Å². The topological polar surface area (TPSA) is 116 Å². The summed E-state index contributed by atoms with van der Waals surface area (Å²) in [7, 11) is 0. The molecule has 0 bridgehead atoms. The number of nitrogens with two attached hydrogens (primary N) is 2. The molecule has 0 radical (unpaired) electrons. The van der Waals surface area contributed by atoms with Gasteiger partial charge in [-0.05, 0) is 36.6 Å². The largest absolute Gasteiger partial charge is 0.484 e. The summed E-state index contributed by atoms with van der Waals surface area (Å²) in [6.45, 7) is 0.905. The fourth-order valence-electron chi connectivity index (χ4n) is 2.49. The van der Waals surface area contributed by atoms with Crippen molar-refractivity contribution in [1.29, 1.82) is 0 Å². The highest BCUT2D eigenvalue weighted by molar-refractivity contribution is 5.92. The van der Waals surface area contributed by atoms with Crippen LogP contribution < -0.4 is 16.2 Å². The van der Waals surface area contributed by atoms with E-state index in [9.17, 15) is 14.4 Å². The van der Waals surface area contributed by atoms with Crippen LogP contribution >= 0.6 is 0 Å². The van der Waals surface area contributed by atoms with Crippen molar-refractivity contribution in [2.75, 3.05) is 19.7 Å². The Balaban J connectivity index is 1.85. The first-order chi connectivity index (χ1) is 11.5. The Morgan fingerprint density at radius 2 is 1.75 bits per heavy atom. The van der Waals surface area contributed by atoms with Gasteiger partial charge in [-0.25, -0.2) is 0 Å². The summed E-state index contributed by atoms with van der Waals surface area (Å²) in [4.78, 5) is 35.6. The number of hydrogen-bond acceptors (Lipinski definition) is 4. The van der Waals surface area contributed by atoms with E-state index in [2.05, 4.69) is 0 Å². The zero-order valence-corrected chi connectivity index (χ0v) is 13.3. The summed E-state index contributed by atoms with van der Waals surface area (Å²) in [5.74, 6) is -0.523. The van der Waals surface area contributed by atoms with Gasteiger partial charge in [-0.3, -0.25) is 14.4 Å². The third kappa shape index (κ3) is 5.12. The van der Waals surface area contributed by atoms with Crippen molar-refractivity contribution in [2.24, 2.45) is 17.4 Å². The Bertz CT molecular complexity index is 632. The standard InChI is InChI=1S/C17H21N3O4/c18-15(21)11-24-14-4-1-12(2-5-14)3-6-16(22)20-9-7-13(8-10-20)17(19)23/h1-6,13H,7-11H2,(H2,18,21)(H2,19,23)/b6-3-. The average Bonchev–Trinajstić information content (AvgIpc) is 2.58. The Hall–Kier alpha value is -2.83. The number of piperidine rings is 1. The van der Waals surface area contributed by atoms with Crippen LogP contribution in [-0.4, -0.2) is 42.3 Å². The number of ether oxygens (including phenoxy) is 1. The summed E-state index contributed by atoms with van der Waals surface area (Å²) >= 11 is 0. The SMILES string of the molecule is NC(=O)COc1ccc(/C=C\C(=O)N2CCC(C(N)=O)CC2)cc1. The van der Waals surface area contributed by atoms with Gasteiger partial charge < -0.3 is 21.1 Å². The second-order valence-corrected chi connectivity index (χ2v) is 5.66. The Morgan fingerprint density at radius 1 is 1.12 bits per heavy atom. The van der Waals surface area contributed by atoms with Crippen molar-refractivity contribution in [1.82, 2.24) is 4.90 Å². The summed E-state index contributed by atoms with van der Waals surface area (Å²) in [5.41, 5.74) is 11.1. The number of rotatable bonds is 6. The van der Waals surface area contributed by atoms with Gasteiger partial charge in [0, 0.05) is 25.1 Å². The lowest BCUT2D eigenvalue weighted by Crippen LogP contribution is -2.41. The highest BCUT2D eigenvalue weighted by Gasteiger charge is 2.24. The van der Waals surface area contributed by atoms with Gasteiger partial charge in [0.2, 0.25) is 11.8 Å². The first kappa shape index (κ1) is 17.5. The van der Waals surface area contributed by atoms with Crippen molar-refractivity contribution in [2.45, 2.75) is 12.8 Å². The van der Waals surface area contributed by atoms with Crippen LogP contribution in [0.2, 0.25) is 0 Å². The third-order valence-electron chi connectivity index (χ3n) is 3.89. The van der Waals surface area contributed by atoms with Gasteiger partial charge >= 0.3 is 0 Å². The van der Waals surface area contributed by atoms with E-state index in [1.807, 2.05) is 0 Å². The van der Waals surface area contributed by atoms with Crippen molar-refractivity contribution in [3.8, 4) is 5.75 Å². The molecular formula is C17H21N3O4. The molecule has 3 amide bonds. The van der Waals surface area contributed by atoms with Crippen LogP contribution in [0.5, 0.6) is 5.75 Å². The number of nitrogens with zero attached hydrogens (tertiary/aromatic N) is 1. The molecule has 0 unspecified atom stereocenters. The predicted octanol–water partition coefficient (Wildman–Crippen LogP) is 0.288. The number of primary amides is 2. The van der Waals surface area contributed by atoms with E-state index < -0.39 is 5.91 Å². The molecule has 128 valence electrons. The van der Waals surface area contributed by atoms with Crippen LogP contribution in [0, 0.1) is 5.92 Å². The molecule has 0 atom stereocenters. The van der Waals surface area contributed by atoms with Gasteiger partial charge in [0.15, 0.2) is 6.61 Å². The fraction of sp³-hybridized carbons (Fsp3) is 0.353. The predicted molar refractivity (Wildman–Crippen MR) is 88.7 cm³/mol. The number of carbonyl (C=O) groups is 3. The molecule has 1 aliphatic heterocycles. The minimum absolute atomic E-state index is 0.0908. The molecule has 1 heterocycles. The molecule has 0 aromatic heterocycles. The van der Waals surface area contributed by atoms with Gasteiger partial charge in [-0.2, -0.15) is 0 Å². The molecule has 0 aliphatic carbocycles. The number of amides is 3. The Kier molecular flexibility index (Phi) is 5.95. The molecule has 1 aromatic rings. The highest BCUT2D eigenvalue weighted by atomic mass is 16.5. The molecule has 0 spiro atoms. The monoisotopic (exact) mass is 331 g/mol. The van der Waals surface area contributed by atoms with Gasteiger partial charge in [0.05, 0.1) is 0 Å². The molecular weight excluding hydrogens is 310 g/mol. The van der Waals surface area contributed by atoms with Gasteiger partial charge in [0.25, 0.3) is 5.91 Å². The van der Waals surface area contributed by atoms with E-state index in [0.29, 0.717) is 31.7 Å². The lowest BCUT2D eigenvalue weighted by molar-refractivity contribution is -0.130. The van der Waals surface area contributed by atoms with Crippen molar-refractivity contribution in [3.63, 3.8) is 0 Å². The molecule has 7 nitrogen and oxygen atoms in total. The molecule has 2 rings (SSSR count). The van der Waals surface area contributed by atoms with Gasteiger partial charge in [0.1, 0.15) is 5.75 Å².